The van der Waals surface area contributed by atoms with Crippen LogP contribution in [0.1, 0.15) is 59.8 Å². The highest BCUT2D eigenvalue weighted by Crippen LogP contribution is 2.27. The maximum atomic E-state index is 12.9. The summed E-state index contributed by atoms with van der Waals surface area (Å²) >= 11 is 0. The maximum absolute atomic E-state index is 12.9. The Bertz CT molecular complexity index is 793. The summed E-state index contributed by atoms with van der Waals surface area (Å²) in [5.41, 5.74) is 0.690. The van der Waals surface area contributed by atoms with Crippen molar-refractivity contribution in [3.8, 4) is 0 Å². The van der Waals surface area contributed by atoms with Gasteiger partial charge >= 0.3 is 12.0 Å². The van der Waals surface area contributed by atoms with Crippen molar-refractivity contribution >= 4 is 23.6 Å². The molecule has 2 rings (SSSR count). The lowest BCUT2D eigenvalue weighted by molar-refractivity contribution is -0.142. The van der Waals surface area contributed by atoms with E-state index in [4.69, 9.17) is 9.84 Å². The van der Waals surface area contributed by atoms with Crippen LogP contribution < -0.4 is 10.6 Å². The van der Waals surface area contributed by atoms with Crippen molar-refractivity contribution < 1.29 is 24.2 Å². The fraction of sp³-hybridized carbons (Fsp3) is 0.654. The van der Waals surface area contributed by atoms with Gasteiger partial charge in [-0.05, 0) is 43.2 Å². The van der Waals surface area contributed by atoms with Crippen molar-refractivity contribution in [3.63, 3.8) is 0 Å². The van der Waals surface area contributed by atoms with Crippen LogP contribution in [0.25, 0.3) is 0 Å². The molecule has 34 heavy (non-hydrogen) atoms. The fourth-order valence-corrected chi connectivity index (χ4v) is 4.19. The van der Waals surface area contributed by atoms with Crippen molar-refractivity contribution in [1.29, 1.82) is 0 Å². The lowest BCUT2D eigenvalue weighted by atomic mass is 9.86. The molecule has 1 unspecified atom stereocenters. The third kappa shape index (κ3) is 9.71. The van der Waals surface area contributed by atoms with Gasteiger partial charge in [-0.3, -0.25) is 9.59 Å². The summed E-state index contributed by atoms with van der Waals surface area (Å²) in [7, 11) is 0. The molecule has 1 aromatic rings. The number of carbonyl (C=O) groups is 3. The van der Waals surface area contributed by atoms with E-state index in [0.717, 1.165) is 24.9 Å². The number of urea groups is 1. The molecule has 3 amide bonds. The smallest absolute Gasteiger partial charge is 0.321 e. The highest BCUT2D eigenvalue weighted by molar-refractivity contribution is 5.89. The molecule has 1 aliphatic rings. The molecule has 1 aliphatic carbocycles. The summed E-state index contributed by atoms with van der Waals surface area (Å²) in [5.74, 6) is -1.71. The normalized spacial score (nSPS) is 19.2. The van der Waals surface area contributed by atoms with Crippen LogP contribution in [0.15, 0.2) is 30.3 Å². The number of para-hydroxylation sites is 1. The molecule has 0 spiro atoms. The largest absolute Gasteiger partial charge is 0.481 e. The molecule has 8 nitrogen and oxygen atoms in total. The Labute approximate surface area is 203 Å². The highest BCUT2D eigenvalue weighted by atomic mass is 16.5. The number of anilines is 1. The number of carbonyl (C=O) groups excluding carboxylic acids is 2. The summed E-state index contributed by atoms with van der Waals surface area (Å²) in [5, 5.41) is 14.9. The first-order valence-corrected chi connectivity index (χ1v) is 12.3. The zero-order chi connectivity index (χ0) is 25.1. The van der Waals surface area contributed by atoms with E-state index in [1.807, 2.05) is 30.3 Å². The molecule has 3 atom stereocenters. The van der Waals surface area contributed by atoms with Gasteiger partial charge in [0, 0.05) is 31.2 Å². The first-order valence-electron chi connectivity index (χ1n) is 12.3. The monoisotopic (exact) mass is 475 g/mol. The zero-order valence-electron chi connectivity index (χ0n) is 21.0. The van der Waals surface area contributed by atoms with Gasteiger partial charge in [-0.2, -0.15) is 0 Å². The molecule has 0 heterocycles. The van der Waals surface area contributed by atoms with Gasteiger partial charge < -0.3 is 25.4 Å². The van der Waals surface area contributed by atoms with Gasteiger partial charge in [0.2, 0.25) is 5.91 Å². The van der Waals surface area contributed by atoms with Gasteiger partial charge in [0.15, 0.2) is 0 Å². The summed E-state index contributed by atoms with van der Waals surface area (Å²) in [6, 6.07) is 9.22. The molecule has 0 aliphatic heterocycles. The summed E-state index contributed by atoms with van der Waals surface area (Å²) in [6.07, 6.45) is 3.61. The van der Waals surface area contributed by atoms with Gasteiger partial charge in [-0.25, -0.2) is 4.79 Å². The van der Waals surface area contributed by atoms with Crippen LogP contribution in [0.5, 0.6) is 0 Å². The number of rotatable bonds is 11. The van der Waals surface area contributed by atoms with E-state index >= 15 is 0 Å². The number of aliphatic carboxylic acids is 1. The molecule has 1 fully saturated rings. The predicted octanol–water partition coefficient (Wildman–Crippen LogP) is 4.37. The molecular weight excluding hydrogens is 434 g/mol. The second-order valence-electron chi connectivity index (χ2n) is 10.3. The highest BCUT2D eigenvalue weighted by Gasteiger charge is 2.29. The number of ether oxygens (including phenoxy) is 1. The molecule has 1 aromatic carbocycles. The summed E-state index contributed by atoms with van der Waals surface area (Å²) in [4.78, 5) is 38.4. The van der Waals surface area contributed by atoms with Gasteiger partial charge in [-0.15, -0.1) is 0 Å². The Kier molecular flexibility index (Phi) is 10.8. The lowest BCUT2D eigenvalue weighted by Gasteiger charge is -2.32. The molecule has 0 bridgehead atoms. The lowest BCUT2D eigenvalue weighted by Crippen LogP contribution is -2.43. The summed E-state index contributed by atoms with van der Waals surface area (Å²) < 4.78 is 6.10. The van der Waals surface area contributed by atoms with Gasteiger partial charge in [0.1, 0.15) is 0 Å². The molecule has 190 valence electrons. The molecular formula is C26H41N3O5. The van der Waals surface area contributed by atoms with Crippen molar-refractivity contribution in [2.75, 3.05) is 31.6 Å². The van der Waals surface area contributed by atoms with Crippen LogP contribution in [0, 0.1) is 17.3 Å². The average molecular weight is 476 g/mol. The van der Waals surface area contributed by atoms with Crippen LogP contribution in [0.2, 0.25) is 0 Å². The van der Waals surface area contributed by atoms with Crippen molar-refractivity contribution in [1.82, 2.24) is 10.2 Å². The van der Waals surface area contributed by atoms with Crippen LogP contribution >= 0.6 is 0 Å². The Morgan fingerprint density at radius 2 is 1.88 bits per heavy atom. The third-order valence-electron chi connectivity index (χ3n) is 6.05. The van der Waals surface area contributed by atoms with E-state index in [-0.39, 0.29) is 35.9 Å². The standard InChI is InChI=1S/C26H41N3O5/c1-5-19(24(31)32)17-27-23(30)20-10-9-13-22(16-20)34-15-14-29(18-26(2,3)4)25(33)28-21-11-7-6-8-12-21/h6-8,11-12,19-20,22H,5,9-10,13-18H2,1-4H3,(H,27,30)(H,28,33)(H,31,32)/t19?,20-,22+/m1/s1. The minimum atomic E-state index is -0.885. The number of amides is 3. The second kappa shape index (κ2) is 13.3. The van der Waals surface area contributed by atoms with Crippen LogP contribution in [0.3, 0.4) is 0 Å². The van der Waals surface area contributed by atoms with Gasteiger partial charge in [-0.1, -0.05) is 52.3 Å². The van der Waals surface area contributed by atoms with Crippen LogP contribution in [0.4, 0.5) is 10.5 Å². The molecule has 1 saturated carbocycles. The number of benzene rings is 1. The van der Waals surface area contributed by atoms with Crippen LogP contribution in [-0.2, 0) is 14.3 Å². The fourth-order valence-electron chi connectivity index (χ4n) is 4.19. The zero-order valence-corrected chi connectivity index (χ0v) is 21.0. The van der Waals surface area contributed by atoms with Crippen LogP contribution in [-0.4, -0.2) is 60.3 Å². The number of nitrogens with zero attached hydrogens (tertiary/aromatic N) is 1. The van der Waals surface area contributed by atoms with Gasteiger partial charge in [0.05, 0.1) is 18.6 Å². The Morgan fingerprint density at radius 1 is 1.18 bits per heavy atom. The molecule has 0 saturated heterocycles. The minimum absolute atomic E-state index is 0.0420. The Hall–Kier alpha value is -2.61. The quantitative estimate of drug-likeness (QED) is 0.440. The van der Waals surface area contributed by atoms with E-state index in [9.17, 15) is 14.4 Å². The minimum Gasteiger partial charge on any atom is -0.481 e. The predicted molar refractivity (Wildman–Crippen MR) is 133 cm³/mol. The average Bonchev–Trinajstić information content (AvgIpc) is 2.78. The summed E-state index contributed by atoms with van der Waals surface area (Å²) in [6.45, 7) is 9.68. The first kappa shape index (κ1) is 27.6. The number of nitrogens with one attached hydrogen (secondary N) is 2. The van der Waals surface area contributed by atoms with Crippen molar-refractivity contribution in [2.24, 2.45) is 17.3 Å². The SMILES string of the molecule is CCC(CNC(=O)[C@@H]1CCC[C@H](OCCN(CC(C)(C)C)C(=O)Nc2ccccc2)C1)C(=O)O. The topological polar surface area (TPSA) is 108 Å². The second-order valence-corrected chi connectivity index (χ2v) is 10.3. The van der Waals surface area contributed by atoms with E-state index in [1.54, 1.807) is 11.8 Å². The Balaban J connectivity index is 1.84. The van der Waals surface area contributed by atoms with E-state index in [1.165, 1.54) is 0 Å². The number of carboxylic acid groups (broad SMARTS) is 1. The van der Waals surface area contributed by atoms with E-state index in [2.05, 4.69) is 31.4 Å². The number of hydrogen-bond acceptors (Lipinski definition) is 4. The Morgan fingerprint density at radius 3 is 2.50 bits per heavy atom. The van der Waals surface area contributed by atoms with E-state index < -0.39 is 11.9 Å². The number of hydrogen-bond donors (Lipinski definition) is 3. The molecule has 3 N–H and O–H groups in total. The van der Waals surface area contributed by atoms with Crippen molar-refractivity contribution in [3.05, 3.63) is 30.3 Å². The maximum Gasteiger partial charge on any atom is 0.321 e. The number of carboxylic acids is 1. The van der Waals surface area contributed by atoms with Gasteiger partial charge in [0.25, 0.3) is 0 Å². The van der Waals surface area contributed by atoms with E-state index in [0.29, 0.717) is 32.5 Å². The first-order chi connectivity index (χ1) is 16.1. The molecule has 0 aromatic heterocycles. The van der Waals surface area contributed by atoms with Crippen molar-refractivity contribution in [2.45, 2.75) is 65.9 Å². The third-order valence-corrected chi connectivity index (χ3v) is 6.05. The molecule has 0 radical (unpaired) electrons. The molecule has 8 heteroatoms.